The quantitative estimate of drug-likeness (QED) is 0.927. The van der Waals surface area contributed by atoms with Gasteiger partial charge in [-0.1, -0.05) is 0 Å². The van der Waals surface area contributed by atoms with Gasteiger partial charge >= 0.3 is 0 Å². The number of anilines is 1. The van der Waals surface area contributed by atoms with Gasteiger partial charge < -0.3 is 9.80 Å². The van der Waals surface area contributed by atoms with E-state index in [0.717, 1.165) is 49.0 Å². The van der Waals surface area contributed by atoms with E-state index in [1.165, 1.54) is 11.3 Å². The van der Waals surface area contributed by atoms with Crippen LogP contribution in [0, 0.1) is 27.7 Å². The maximum absolute atomic E-state index is 12.5. The second kappa shape index (κ2) is 7.25. The van der Waals surface area contributed by atoms with Gasteiger partial charge in [-0.25, -0.2) is 0 Å². The van der Waals surface area contributed by atoms with Crippen LogP contribution in [0.4, 0.5) is 5.69 Å². The van der Waals surface area contributed by atoms with Crippen LogP contribution in [0.2, 0.25) is 0 Å². The first-order valence-electron chi connectivity index (χ1n) is 8.92. The normalized spacial score (nSPS) is 14.9. The van der Waals surface area contributed by atoms with E-state index in [4.69, 9.17) is 0 Å². The molecule has 134 valence electrons. The summed E-state index contributed by atoms with van der Waals surface area (Å²) in [5.74, 6) is 0.224. The van der Waals surface area contributed by atoms with Gasteiger partial charge in [0.2, 0.25) is 5.91 Å². The lowest BCUT2D eigenvalue weighted by atomic mass is 10.1. The predicted molar refractivity (Wildman–Crippen MR) is 98.9 cm³/mol. The van der Waals surface area contributed by atoms with Crippen LogP contribution < -0.4 is 4.90 Å². The van der Waals surface area contributed by atoms with Gasteiger partial charge in [-0.3, -0.25) is 14.9 Å². The Hall–Kier alpha value is -2.37. The molecule has 1 fully saturated rings. The summed E-state index contributed by atoms with van der Waals surface area (Å²) in [6.07, 6.45) is 1.23. The number of carbonyl (C=O) groups is 1. The molecule has 0 aromatic carbocycles. The number of hydrogen-bond acceptors (Lipinski definition) is 4. The lowest BCUT2D eigenvalue weighted by Crippen LogP contribution is -2.48. The van der Waals surface area contributed by atoms with Gasteiger partial charge in [0, 0.05) is 61.8 Å². The Morgan fingerprint density at radius 3 is 2.28 bits per heavy atom. The van der Waals surface area contributed by atoms with Crippen LogP contribution in [0.25, 0.3) is 0 Å². The van der Waals surface area contributed by atoms with Gasteiger partial charge in [-0.05, 0) is 45.4 Å². The number of carbonyl (C=O) groups excluding carboxylic acids is 1. The van der Waals surface area contributed by atoms with Crippen LogP contribution in [-0.4, -0.2) is 52.2 Å². The summed E-state index contributed by atoms with van der Waals surface area (Å²) in [5.41, 5.74) is 6.54. The van der Waals surface area contributed by atoms with Gasteiger partial charge in [0.15, 0.2) is 0 Å². The van der Waals surface area contributed by atoms with Gasteiger partial charge in [-0.15, -0.1) is 0 Å². The molecule has 0 saturated carbocycles. The number of H-pyrrole nitrogens is 1. The number of amides is 1. The zero-order valence-corrected chi connectivity index (χ0v) is 15.6. The summed E-state index contributed by atoms with van der Waals surface area (Å²) in [5, 5.41) is 7.28. The maximum Gasteiger partial charge on any atom is 0.223 e. The number of hydrogen-bond donors (Lipinski definition) is 1. The van der Waals surface area contributed by atoms with Crippen molar-refractivity contribution in [2.45, 2.75) is 40.5 Å². The lowest BCUT2D eigenvalue weighted by Gasteiger charge is -2.36. The SMILES string of the molecule is Cc1cc(N2CCN(C(=O)CCc3n[nH]c(C)c3C)CC2)cc(C)n1. The molecule has 1 amide bonds. The van der Waals surface area contributed by atoms with Crippen molar-refractivity contribution < 1.29 is 4.79 Å². The van der Waals surface area contributed by atoms with Crippen molar-refractivity contribution in [2.24, 2.45) is 0 Å². The highest BCUT2D eigenvalue weighted by Crippen LogP contribution is 2.19. The van der Waals surface area contributed by atoms with Crippen LogP contribution in [0.5, 0.6) is 0 Å². The van der Waals surface area contributed by atoms with Gasteiger partial charge in [-0.2, -0.15) is 5.10 Å². The van der Waals surface area contributed by atoms with Crippen molar-refractivity contribution in [1.29, 1.82) is 0 Å². The number of piperazine rings is 1. The second-order valence-corrected chi connectivity index (χ2v) is 6.90. The van der Waals surface area contributed by atoms with Crippen molar-refractivity contribution in [3.63, 3.8) is 0 Å². The van der Waals surface area contributed by atoms with E-state index in [-0.39, 0.29) is 5.91 Å². The Morgan fingerprint density at radius 2 is 1.72 bits per heavy atom. The predicted octanol–water partition coefficient (Wildman–Crippen LogP) is 2.32. The molecular formula is C19H27N5O. The summed E-state index contributed by atoms with van der Waals surface area (Å²) in [6.45, 7) is 11.4. The molecule has 0 bridgehead atoms. The minimum absolute atomic E-state index is 0.224. The first-order chi connectivity index (χ1) is 11.9. The molecule has 3 heterocycles. The molecule has 0 spiro atoms. The molecule has 1 aliphatic heterocycles. The molecule has 0 radical (unpaired) electrons. The highest BCUT2D eigenvalue weighted by Gasteiger charge is 2.22. The third kappa shape index (κ3) is 4.00. The highest BCUT2D eigenvalue weighted by atomic mass is 16.2. The van der Waals surface area contributed by atoms with Crippen molar-refractivity contribution in [3.05, 3.63) is 40.5 Å². The number of aromatic amines is 1. The van der Waals surface area contributed by atoms with Crippen molar-refractivity contribution >= 4 is 11.6 Å². The summed E-state index contributed by atoms with van der Waals surface area (Å²) in [7, 11) is 0. The molecule has 2 aromatic rings. The first kappa shape index (κ1) is 17.5. The highest BCUT2D eigenvalue weighted by molar-refractivity contribution is 5.76. The Morgan fingerprint density at radius 1 is 1.08 bits per heavy atom. The summed E-state index contributed by atoms with van der Waals surface area (Å²) < 4.78 is 0. The smallest absolute Gasteiger partial charge is 0.223 e. The van der Waals surface area contributed by atoms with E-state index < -0.39 is 0 Å². The number of aryl methyl sites for hydroxylation is 4. The molecule has 6 heteroatoms. The Bertz CT molecular complexity index is 739. The largest absolute Gasteiger partial charge is 0.368 e. The van der Waals surface area contributed by atoms with E-state index in [1.54, 1.807) is 0 Å². The summed E-state index contributed by atoms with van der Waals surface area (Å²) in [4.78, 5) is 21.3. The number of pyridine rings is 1. The van der Waals surface area contributed by atoms with Crippen LogP contribution in [0.3, 0.4) is 0 Å². The van der Waals surface area contributed by atoms with Crippen LogP contribution in [0.15, 0.2) is 12.1 Å². The summed E-state index contributed by atoms with van der Waals surface area (Å²) >= 11 is 0. The fraction of sp³-hybridized carbons (Fsp3) is 0.526. The van der Waals surface area contributed by atoms with Crippen LogP contribution in [-0.2, 0) is 11.2 Å². The zero-order valence-electron chi connectivity index (χ0n) is 15.6. The fourth-order valence-electron chi connectivity index (χ4n) is 3.37. The van der Waals surface area contributed by atoms with Crippen molar-refractivity contribution in [2.75, 3.05) is 31.1 Å². The van der Waals surface area contributed by atoms with E-state index in [2.05, 4.69) is 39.1 Å². The van der Waals surface area contributed by atoms with Crippen LogP contribution >= 0.6 is 0 Å². The number of nitrogens with one attached hydrogen (secondary N) is 1. The Labute approximate surface area is 149 Å². The van der Waals surface area contributed by atoms with E-state index in [1.807, 2.05) is 25.7 Å². The van der Waals surface area contributed by atoms with E-state index in [9.17, 15) is 4.79 Å². The van der Waals surface area contributed by atoms with E-state index in [0.29, 0.717) is 12.8 Å². The second-order valence-electron chi connectivity index (χ2n) is 6.90. The van der Waals surface area contributed by atoms with E-state index >= 15 is 0 Å². The molecule has 1 N–H and O–H groups in total. The zero-order chi connectivity index (χ0) is 18.0. The third-order valence-corrected chi connectivity index (χ3v) is 4.99. The van der Waals surface area contributed by atoms with Gasteiger partial charge in [0.1, 0.15) is 0 Å². The number of rotatable bonds is 4. The third-order valence-electron chi connectivity index (χ3n) is 4.99. The molecule has 0 atom stereocenters. The Kier molecular flexibility index (Phi) is 5.06. The first-order valence-corrected chi connectivity index (χ1v) is 8.92. The molecule has 0 unspecified atom stereocenters. The van der Waals surface area contributed by atoms with Crippen LogP contribution in [0.1, 0.15) is 34.8 Å². The molecule has 25 heavy (non-hydrogen) atoms. The molecule has 0 aliphatic carbocycles. The molecular weight excluding hydrogens is 314 g/mol. The average molecular weight is 341 g/mol. The molecule has 3 rings (SSSR count). The maximum atomic E-state index is 12.5. The summed E-state index contributed by atoms with van der Waals surface area (Å²) in [6, 6.07) is 4.24. The van der Waals surface area contributed by atoms with Gasteiger partial charge in [0.05, 0.1) is 5.69 Å². The lowest BCUT2D eigenvalue weighted by molar-refractivity contribution is -0.131. The molecule has 6 nitrogen and oxygen atoms in total. The fourth-order valence-corrected chi connectivity index (χ4v) is 3.37. The Balaban J connectivity index is 1.53. The standard InChI is InChI=1S/C19H27N5O/c1-13-11-17(12-14(2)20-13)23-7-9-24(10-8-23)19(25)6-5-18-15(3)16(4)21-22-18/h11-12H,5-10H2,1-4H3,(H,21,22). The minimum atomic E-state index is 0.224. The molecule has 2 aromatic heterocycles. The number of aromatic nitrogens is 3. The molecule has 1 aliphatic rings. The minimum Gasteiger partial charge on any atom is -0.368 e. The monoisotopic (exact) mass is 341 g/mol. The van der Waals surface area contributed by atoms with Crippen molar-refractivity contribution in [3.8, 4) is 0 Å². The average Bonchev–Trinajstić information content (AvgIpc) is 2.91. The topological polar surface area (TPSA) is 65.1 Å². The van der Waals surface area contributed by atoms with Crippen molar-refractivity contribution in [1.82, 2.24) is 20.1 Å². The van der Waals surface area contributed by atoms with Gasteiger partial charge in [0.25, 0.3) is 0 Å². The number of nitrogens with zero attached hydrogens (tertiary/aromatic N) is 4. The molecule has 1 saturated heterocycles.